The van der Waals surface area contributed by atoms with Gasteiger partial charge in [-0.3, -0.25) is 0 Å². The van der Waals surface area contributed by atoms with E-state index in [0.717, 1.165) is 18.1 Å². The monoisotopic (exact) mass is 171 g/mol. The van der Waals surface area contributed by atoms with Crippen molar-refractivity contribution < 1.29 is 4.79 Å². The summed E-state index contributed by atoms with van der Waals surface area (Å²) >= 11 is 1.98. The number of carbonyl (C=O) groups excluding carboxylic acids is 1. The zero-order valence-electron chi connectivity index (χ0n) is 6.75. The summed E-state index contributed by atoms with van der Waals surface area (Å²) in [5.41, 5.74) is 0. The van der Waals surface area contributed by atoms with E-state index in [9.17, 15) is 4.79 Å². The van der Waals surface area contributed by atoms with Crippen molar-refractivity contribution in [3.63, 3.8) is 0 Å². The molecule has 1 saturated carbocycles. The highest BCUT2D eigenvalue weighted by molar-refractivity contribution is 7.99. The van der Waals surface area contributed by atoms with Crippen molar-refractivity contribution in [1.82, 2.24) is 0 Å². The smallest absolute Gasteiger partial charge is 0.211 e. The van der Waals surface area contributed by atoms with Gasteiger partial charge in [0.2, 0.25) is 6.08 Å². The molecule has 0 aromatic rings. The maximum absolute atomic E-state index is 9.93. The standard InChI is InChI=1S/C8H13NOS/c1-2-11-8-4-3-7(5-8)9-6-10/h7-8H,2-5H2,1H3. The van der Waals surface area contributed by atoms with E-state index in [1.807, 2.05) is 11.8 Å². The Labute approximate surface area is 71.5 Å². The lowest BCUT2D eigenvalue weighted by atomic mass is 10.3. The SMILES string of the molecule is CCSC1CCC(N=C=O)C1. The Morgan fingerprint density at radius 3 is 3.09 bits per heavy atom. The highest BCUT2D eigenvalue weighted by atomic mass is 32.2. The van der Waals surface area contributed by atoms with E-state index in [-0.39, 0.29) is 6.04 Å². The first-order valence-corrected chi connectivity index (χ1v) is 5.10. The molecule has 0 aromatic carbocycles. The van der Waals surface area contributed by atoms with E-state index >= 15 is 0 Å². The van der Waals surface area contributed by atoms with Crippen LogP contribution in [-0.2, 0) is 4.79 Å². The summed E-state index contributed by atoms with van der Waals surface area (Å²) in [6.45, 7) is 2.17. The highest BCUT2D eigenvalue weighted by Crippen LogP contribution is 2.30. The zero-order valence-corrected chi connectivity index (χ0v) is 7.56. The van der Waals surface area contributed by atoms with Crippen LogP contribution in [0, 0.1) is 0 Å². The molecule has 0 spiro atoms. The van der Waals surface area contributed by atoms with Gasteiger partial charge in [0.25, 0.3) is 0 Å². The van der Waals surface area contributed by atoms with Crippen molar-refractivity contribution in [2.24, 2.45) is 4.99 Å². The third kappa shape index (κ3) is 2.68. The Morgan fingerprint density at radius 2 is 2.45 bits per heavy atom. The van der Waals surface area contributed by atoms with E-state index in [1.165, 1.54) is 12.2 Å². The molecule has 2 nitrogen and oxygen atoms in total. The van der Waals surface area contributed by atoms with Gasteiger partial charge in [0.1, 0.15) is 0 Å². The number of thioether (sulfide) groups is 1. The Bertz CT molecular complexity index is 165. The fourth-order valence-corrected chi connectivity index (χ4v) is 2.63. The average Bonchev–Trinajstić information content (AvgIpc) is 2.38. The van der Waals surface area contributed by atoms with Gasteiger partial charge in [-0.2, -0.15) is 11.8 Å². The summed E-state index contributed by atoms with van der Waals surface area (Å²) in [6.07, 6.45) is 5.01. The maximum atomic E-state index is 9.93. The molecule has 0 heterocycles. The molecule has 0 N–H and O–H groups in total. The van der Waals surface area contributed by atoms with Crippen molar-refractivity contribution in [1.29, 1.82) is 0 Å². The molecule has 0 aliphatic heterocycles. The maximum Gasteiger partial charge on any atom is 0.235 e. The third-order valence-corrected chi connectivity index (χ3v) is 3.23. The molecule has 3 heteroatoms. The highest BCUT2D eigenvalue weighted by Gasteiger charge is 2.23. The van der Waals surface area contributed by atoms with Gasteiger partial charge in [0.15, 0.2) is 0 Å². The van der Waals surface area contributed by atoms with Crippen molar-refractivity contribution in [3.05, 3.63) is 0 Å². The van der Waals surface area contributed by atoms with Crippen LogP contribution in [0.5, 0.6) is 0 Å². The summed E-state index contributed by atoms with van der Waals surface area (Å²) in [6, 6.07) is 0.275. The lowest BCUT2D eigenvalue weighted by Gasteiger charge is -2.04. The number of rotatable bonds is 3. The molecule has 0 amide bonds. The minimum absolute atomic E-state index is 0.275. The van der Waals surface area contributed by atoms with Crippen molar-refractivity contribution >= 4 is 17.8 Å². The van der Waals surface area contributed by atoms with E-state index in [0.29, 0.717) is 0 Å². The minimum Gasteiger partial charge on any atom is -0.211 e. The fraction of sp³-hybridized carbons (Fsp3) is 0.875. The number of nitrogens with zero attached hydrogens (tertiary/aromatic N) is 1. The zero-order chi connectivity index (χ0) is 8.10. The van der Waals surface area contributed by atoms with Gasteiger partial charge in [-0.05, 0) is 25.0 Å². The quantitative estimate of drug-likeness (QED) is 0.480. The van der Waals surface area contributed by atoms with Crippen LogP contribution in [0.15, 0.2) is 4.99 Å². The first-order valence-electron chi connectivity index (χ1n) is 4.05. The van der Waals surface area contributed by atoms with Crippen molar-refractivity contribution in [2.45, 2.75) is 37.5 Å². The Hall–Kier alpha value is -0.270. The van der Waals surface area contributed by atoms with Crippen LogP contribution in [0.1, 0.15) is 26.2 Å². The molecule has 11 heavy (non-hydrogen) atoms. The van der Waals surface area contributed by atoms with E-state index in [4.69, 9.17) is 0 Å². The molecule has 2 unspecified atom stereocenters. The summed E-state index contributed by atoms with van der Waals surface area (Å²) < 4.78 is 0. The van der Waals surface area contributed by atoms with Crippen LogP contribution in [0.4, 0.5) is 0 Å². The Morgan fingerprint density at radius 1 is 1.64 bits per heavy atom. The Kier molecular flexibility index (Phi) is 3.67. The van der Waals surface area contributed by atoms with Crippen LogP contribution >= 0.6 is 11.8 Å². The van der Waals surface area contributed by atoms with Crippen LogP contribution < -0.4 is 0 Å². The van der Waals surface area contributed by atoms with E-state index < -0.39 is 0 Å². The second-order valence-corrected chi connectivity index (χ2v) is 4.34. The molecule has 1 rings (SSSR count). The minimum atomic E-state index is 0.275. The molecule has 1 aliphatic rings. The number of hydrogen-bond acceptors (Lipinski definition) is 3. The summed E-state index contributed by atoms with van der Waals surface area (Å²) in [7, 11) is 0. The number of hydrogen-bond donors (Lipinski definition) is 0. The van der Waals surface area contributed by atoms with Gasteiger partial charge in [-0.1, -0.05) is 6.92 Å². The van der Waals surface area contributed by atoms with Gasteiger partial charge in [-0.15, -0.1) is 0 Å². The van der Waals surface area contributed by atoms with Gasteiger partial charge in [0, 0.05) is 5.25 Å². The predicted molar refractivity (Wildman–Crippen MR) is 47.7 cm³/mol. The summed E-state index contributed by atoms with van der Waals surface area (Å²) in [5.74, 6) is 1.17. The molecule has 0 bridgehead atoms. The lowest BCUT2D eigenvalue weighted by Crippen LogP contribution is -1.99. The molecule has 0 saturated heterocycles. The van der Waals surface area contributed by atoms with Crippen LogP contribution in [0.2, 0.25) is 0 Å². The van der Waals surface area contributed by atoms with Crippen LogP contribution in [0.25, 0.3) is 0 Å². The molecular formula is C8H13NOS. The van der Waals surface area contributed by atoms with Gasteiger partial charge in [0.05, 0.1) is 6.04 Å². The molecule has 1 aliphatic carbocycles. The van der Waals surface area contributed by atoms with E-state index in [1.54, 1.807) is 6.08 Å². The normalized spacial score (nSPS) is 29.9. The van der Waals surface area contributed by atoms with Gasteiger partial charge >= 0.3 is 0 Å². The van der Waals surface area contributed by atoms with Gasteiger partial charge in [-0.25, -0.2) is 9.79 Å². The van der Waals surface area contributed by atoms with Crippen LogP contribution in [-0.4, -0.2) is 23.1 Å². The largest absolute Gasteiger partial charge is 0.235 e. The van der Waals surface area contributed by atoms with E-state index in [2.05, 4.69) is 11.9 Å². The lowest BCUT2D eigenvalue weighted by molar-refractivity contribution is 0.556. The molecule has 0 radical (unpaired) electrons. The molecule has 0 aromatic heterocycles. The van der Waals surface area contributed by atoms with Crippen molar-refractivity contribution in [3.8, 4) is 0 Å². The number of aliphatic imine (C=N–C) groups is 1. The molecule has 62 valence electrons. The topological polar surface area (TPSA) is 29.4 Å². The molecule has 1 fully saturated rings. The second kappa shape index (κ2) is 4.58. The summed E-state index contributed by atoms with van der Waals surface area (Å²) in [5, 5.41) is 0.738. The third-order valence-electron chi connectivity index (χ3n) is 1.99. The number of isocyanates is 1. The van der Waals surface area contributed by atoms with Gasteiger partial charge < -0.3 is 0 Å². The second-order valence-electron chi connectivity index (χ2n) is 2.76. The molecular weight excluding hydrogens is 158 g/mol. The average molecular weight is 171 g/mol. The first kappa shape index (κ1) is 8.82. The fourth-order valence-electron chi connectivity index (χ4n) is 1.50. The molecule has 2 atom stereocenters. The first-order chi connectivity index (χ1) is 5.36. The Balaban J connectivity index is 2.28. The summed E-state index contributed by atoms with van der Waals surface area (Å²) in [4.78, 5) is 13.7. The van der Waals surface area contributed by atoms with Crippen LogP contribution in [0.3, 0.4) is 0 Å². The van der Waals surface area contributed by atoms with Crippen molar-refractivity contribution in [2.75, 3.05) is 5.75 Å². The predicted octanol–water partition coefficient (Wildman–Crippen LogP) is 2.00.